The van der Waals surface area contributed by atoms with Crippen LogP contribution in [0.25, 0.3) is 0 Å². The van der Waals surface area contributed by atoms with E-state index < -0.39 is 0 Å². The molecule has 16 heavy (non-hydrogen) atoms. The van der Waals surface area contributed by atoms with Crippen LogP contribution in [0.4, 0.5) is 0 Å². The average molecular weight is 226 g/mol. The van der Waals surface area contributed by atoms with Gasteiger partial charge in [0.25, 0.3) is 0 Å². The van der Waals surface area contributed by atoms with Gasteiger partial charge in [-0.15, -0.1) is 0 Å². The second kappa shape index (κ2) is 8.08. The molecular formula is C14H30N2. The molecular weight excluding hydrogens is 196 g/mol. The maximum Gasteiger partial charge on any atom is 0.00103 e. The lowest BCUT2D eigenvalue weighted by Crippen LogP contribution is -2.31. The van der Waals surface area contributed by atoms with Crippen LogP contribution in [-0.4, -0.2) is 37.6 Å². The second-order valence-electron chi connectivity index (χ2n) is 5.73. The largest absolute Gasteiger partial charge is 0.314 e. The molecule has 0 spiro atoms. The lowest BCUT2D eigenvalue weighted by atomic mass is 9.89. The van der Waals surface area contributed by atoms with Crippen LogP contribution in [0, 0.1) is 5.92 Å². The SMILES string of the molecule is CC(C)NCCCN(C)CC1CCCCC1. The molecule has 0 atom stereocenters. The molecule has 0 heterocycles. The highest BCUT2D eigenvalue weighted by Crippen LogP contribution is 2.23. The standard InChI is InChI=1S/C14H30N2/c1-13(2)15-10-7-11-16(3)12-14-8-5-4-6-9-14/h13-15H,4-12H2,1-3H3. The van der Waals surface area contributed by atoms with Crippen molar-refractivity contribution in [1.29, 1.82) is 0 Å². The van der Waals surface area contributed by atoms with Crippen LogP contribution >= 0.6 is 0 Å². The van der Waals surface area contributed by atoms with Gasteiger partial charge in [-0.1, -0.05) is 33.1 Å². The number of nitrogens with zero attached hydrogens (tertiary/aromatic N) is 1. The molecule has 0 aromatic heterocycles. The molecule has 0 saturated heterocycles. The van der Waals surface area contributed by atoms with Gasteiger partial charge in [0, 0.05) is 12.6 Å². The zero-order valence-corrected chi connectivity index (χ0v) is 11.5. The smallest absolute Gasteiger partial charge is 0.00103 e. The maximum absolute atomic E-state index is 3.48. The van der Waals surface area contributed by atoms with Crippen LogP contribution in [-0.2, 0) is 0 Å². The number of hydrogen-bond acceptors (Lipinski definition) is 2. The first-order valence-electron chi connectivity index (χ1n) is 7.10. The van der Waals surface area contributed by atoms with E-state index >= 15 is 0 Å². The molecule has 0 unspecified atom stereocenters. The van der Waals surface area contributed by atoms with Crippen molar-refractivity contribution in [2.75, 3.05) is 26.7 Å². The summed E-state index contributed by atoms with van der Waals surface area (Å²) in [5.41, 5.74) is 0. The van der Waals surface area contributed by atoms with Gasteiger partial charge in [0.15, 0.2) is 0 Å². The number of nitrogens with one attached hydrogen (secondary N) is 1. The van der Waals surface area contributed by atoms with E-state index in [0.717, 1.165) is 12.5 Å². The Labute approximate surface area is 102 Å². The van der Waals surface area contributed by atoms with Crippen LogP contribution in [0.1, 0.15) is 52.4 Å². The minimum Gasteiger partial charge on any atom is -0.314 e. The quantitative estimate of drug-likeness (QED) is 0.672. The molecule has 0 radical (unpaired) electrons. The Morgan fingerprint density at radius 1 is 1.19 bits per heavy atom. The van der Waals surface area contributed by atoms with Gasteiger partial charge in [0.1, 0.15) is 0 Å². The summed E-state index contributed by atoms with van der Waals surface area (Å²) in [6.07, 6.45) is 8.61. The van der Waals surface area contributed by atoms with Crippen LogP contribution < -0.4 is 5.32 Å². The summed E-state index contributed by atoms with van der Waals surface area (Å²) in [5, 5.41) is 3.48. The van der Waals surface area contributed by atoms with E-state index in [1.54, 1.807) is 0 Å². The summed E-state index contributed by atoms with van der Waals surface area (Å²) in [7, 11) is 2.28. The molecule has 1 fully saturated rings. The Balaban J connectivity index is 1.99. The van der Waals surface area contributed by atoms with Crippen molar-refractivity contribution >= 4 is 0 Å². The van der Waals surface area contributed by atoms with Gasteiger partial charge >= 0.3 is 0 Å². The Hall–Kier alpha value is -0.0800. The highest BCUT2D eigenvalue weighted by atomic mass is 15.1. The highest BCUT2D eigenvalue weighted by Gasteiger charge is 2.14. The van der Waals surface area contributed by atoms with Crippen LogP contribution in [0.3, 0.4) is 0 Å². The van der Waals surface area contributed by atoms with Crippen molar-refractivity contribution in [3.05, 3.63) is 0 Å². The summed E-state index contributed by atoms with van der Waals surface area (Å²) in [4.78, 5) is 2.53. The summed E-state index contributed by atoms with van der Waals surface area (Å²) in [6.45, 7) is 8.15. The van der Waals surface area contributed by atoms with E-state index in [9.17, 15) is 0 Å². The van der Waals surface area contributed by atoms with Gasteiger partial charge in [-0.25, -0.2) is 0 Å². The molecule has 0 amide bonds. The minimum atomic E-state index is 0.628. The summed E-state index contributed by atoms with van der Waals surface area (Å²) in [6, 6.07) is 0.628. The first-order chi connectivity index (χ1) is 7.68. The van der Waals surface area contributed by atoms with Gasteiger partial charge in [0.05, 0.1) is 0 Å². The van der Waals surface area contributed by atoms with Crippen molar-refractivity contribution < 1.29 is 0 Å². The molecule has 0 aliphatic heterocycles. The monoisotopic (exact) mass is 226 g/mol. The Kier molecular flexibility index (Phi) is 7.06. The summed E-state index contributed by atoms with van der Waals surface area (Å²) >= 11 is 0. The second-order valence-corrected chi connectivity index (χ2v) is 5.73. The van der Waals surface area contributed by atoms with Crippen molar-refractivity contribution in [2.45, 2.75) is 58.4 Å². The minimum absolute atomic E-state index is 0.628. The number of rotatable bonds is 7. The normalized spacial score (nSPS) is 18.6. The van der Waals surface area contributed by atoms with Crippen molar-refractivity contribution in [3.8, 4) is 0 Å². The maximum atomic E-state index is 3.48. The molecule has 1 aliphatic rings. The predicted octanol–water partition coefficient (Wildman–Crippen LogP) is 2.89. The third kappa shape index (κ3) is 6.49. The third-order valence-electron chi connectivity index (χ3n) is 3.56. The molecule has 96 valence electrons. The van der Waals surface area contributed by atoms with Gasteiger partial charge < -0.3 is 10.2 Å². The topological polar surface area (TPSA) is 15.3 Å². The van der Waals surface area contributed by atoms with E-state index in [-0.39, 0.29) is 0 Å². The van der Waals surface area contributed by atoms with Gasteiger partial charge in [-0.3, -0.25) is 0 Å². The molecule has 0 bridgehead atoms. The molecule has 0 aromatic rings. The first kappa shape index (κ1) is 14.0. The Morgan fingerprint density at radius 2 is 1.88 bits per heavy atom. The number of hydrogen-bond donors (Lipinski definition) is 1. The van der Waals surface area contributed by atoms with Crippen molar-refractivity contribution in [1.82, 2.24) is 10.2 Å². The van der Waals surface area contributed by atoms with Crippen LogP contribution in [0.5, 0.6) is 0 Å². The molecule has 2 nitrogen and oxygen atoms in total. The lowest BCUT2D eigenvalue weighted by Gasteiger charge is -2.27. The van der Waals surface area contributed by atoms with Crippen LogP contribution in [0.15, 0.2) is 0 Å². The molecule has 2 heteroatoms. The van der Waals surface area contributed by atoms with E-state index in [1.807, 2.05) is 0 Å². The molecule has 0 aromatic carbocycles. The van der Waals surface area contributed by atoms with E-state index in [0.29, 0.717) is 6.04 Å². The van der Waals surface area contributed by atoms with Crippen molar-refractivity contribution in [2.24, 2.45) is 5.92 Å². The van der Waals surface area contributed by atoms with Gasteiger partial charge in [0.2, 0.25) is 0 Å². The van der Waals surface area contributed by atoms with E-state index in [1.165, 1.54) is 51.6 Å². The molecule has 1 saturated carbocycles. The Morgan fingerprint density at radius 3 is 2.50 bits per heavy atom. The zero-order valence-electron chi connectivity index (χ0n) is 11.5. The van der Waals surface area contributed by atoms with E-state index in [2.05, 4.69) is 31.1 Å². The third-order valence-corrected chi connectivity index (χ3v) is 3.56. The zero-order chi connectivity index (χ0) is 11.8. The Bertz CT molecular complexity index is 162. The summed E-state index contributed by atoms with van der Waals surface area (Å²) < 4.78 is 0. The van der Waals surface area contributed by atoms with Gasteiger partial charge in [-0.05, 0) is 45.3 Å². The fourth-order valence-electron chi connectivity index (χ4n) is 2.64. The average Bonchev–Trinajstić information content (AvgIpc) is 2.25. The lowest BCUT2D eigenvalue weighted by molar-refractivity contribution is 0.231. The van der Waals surface area contributed by atoms with Crippen molar-refractivity contribution in [3.63, 3.8) is 0 Å². The fourth-order valence-corrected chi connectivity index (χ4v) is 2.64. The summed E-state index contributed by atoms with van der Waals surface area (Å²) in [5.74, 6) is 0.983. The fraction of sp³-hybridized carbons (Fsp3) is 1.00. The first-order valence-corrected chi connectivity index (χ1v) is 7.10. The predicted molar refractivity (Wildman–Crippen MR) is 71.8 cm³/mol. The van der Waals surface area contributed by atoms with E-state index in [4.69, 9.17) is 0 Å². The van der Waals surface area contributed by atoms with Gasteiger partial charge in [-0.2, -0.15) is 0 Å². The molecule has 1 N–H and O–H groups in total. The van der Waals surface area contributed by atoms with Crippen LogP contribution in [0.2, 0.25) is 0 Å². The molecule has 1 rings (SSSR count). The molecule has 1 aliphatic carbocycles. The highest BCUT2D eigenvalue weighted by molar-refractivity contribution is 4.69.